The van der Waals surface area contributed by atoms with Crippen LogP contribution in [0.3, 0.4) is 0 Å². The van der Waals surface area contributed by atoms with Crippen LogP contribution in [0, 0.1) is 0 Å². The van der Waals surface area contributed by atoms with Gasteiger partial charge in [-0.05, 0) is 50.2 Å². The molecule has 0 aromatic heterocycles. The summed E-state index contributed by atoms with van der Waals surface area (Å²) in [5.74, 6) is 0.676. The zero-order chi connectivity index (χ0) is 18.5. The van der Waals surface area contributed by atoms with E-state index in [1.165, 1.54) is 5.56 Å². The first-order chi connectivity index (χ1) is 12.6. The van der Waals surface area contributed by atoms with Gasteiger partial charge in [0.05, 0.1) is 6.67 Å². The number of benzene rings is 2. The van der Waals surface area contributed by atoms with Gasteiger partial charge in [-0.1, -0.05) is 41.9 Å². The Morgan fingerprint density at radius 3 is 2.46 bits per heavy atom. The Bertz CT molecular complexity index is 735. The SMILES string of the molecule is CC1N(CN(C)CCc2ccc(Cl)cc2)N=C(CO)N1c1ccccc1. The highest BCUT2D eigenvalue weighted by Crippen LogP contribution is 2.24. The fraction of sp³-hybridized carbons (Fsp3) is 0.350. The molecule has 0 radical (unpaired) electrons. The molecule has 1 N–H and O–H groups in total. The third-order valence-electron chi connectivity index (χ3n) is 4.58. The van der Waals surface area contributed by atoms with Crippen LogP contribution >= 0.6 is 11.6 Å². The normalized spacial score (nSPS) is 17.1. The molecule has 2 aromatic rings. The number of hydrazone groups is 1. The highest BCUT2D eigenvalue weighted by atomic mass is 35.5. The van der Waals surface area contributed by atoms with Crippen LogP contribution in [0.15, 0.2) is 59.7 Å². The van der Waals surface area contributed by atoms with E-state index in [1.807, 2.05) is 47.5 Å². The number of likely N-dealkylation sites (N-methyl/N-ethyl adjacent to an activating group) is 1. The second-order valence-electron chi connectivity index (χ2n) is 6.55. The molecule has 0 spiro atoms. The minimum atomic E-state index is -0.0791. The summed E-state index contributed by atoms with van der Waals surface area (Å²) in [4.78, 5) is 4.31. The third kappa shape index (κ3) is 4.36. The zero-order valence-corrected chi connectivity index (χ0v) is 16.0. The van der Waals surface area contributed by atoms with Gasteiger partial charge in [-0.3, -0.25) is 9.91 Å². The van der Waals surface area contributed by atoms with Gasteiger partial charge in [0, 0.05) is 17.3 Å². The van der Waals surface area contributed by atoms with E-state index >= 15 is 0 Å². The molecule has 0 bridgehead atoms. The summed E-state index contributed by atoms with van der Waals surface area (Å²) in [6.07, 6.45) is 1.01. The number of rotatable bonds is 7. The molecule has 26 heavy (non-hydrogen) atoms. The standard InChI is InChI=1S/C20H25ClN4O/c1-16-24(15-23(2)13-12-17-8-10-18(21)11-9-17)22-20(14-26)25(16)19-6-4-3-5-7-19/h3-11,16,26H,12-15H2,1-2H3. The predicted octanol–water partition coefficient (Wildman–Crippen LogP) is 3.25. The Labute approximate surface area is 160 Å². The average molecular weight is 373 g/mol. The monoisotopic (exact) mass is 372 g/mol. The number of para-hydroxylation sites is 1. The van der Waals surface area contributed by atoms with Crippen molar-refractivity contribution in [2.24, 2.45) is 5.10 Å². The van der Waals surface area contributed by atoms with Gasteiger partial charge in [0.1, 0.15) is 12.8 Å². The van der Waals surface area contributed by atoms with Crippen molar-refractivity contribution in [1.82, 2.24) is 9.91 Å². The zero-order valence-electron chi connectivity index (χ0n) is 15.2. The number of anilines is 1. The average Bonchev–Trinajstić information content (AvgIpc) is 2.97. The molecular weight excluding hydrogens is 348 g/mol. The maximum atomic E-state index is 9.72. The lowest BCUT2D eigenvalue weighted by Crippen LogP contribution is -2.44. The molecule has 6 heteroatoms. The smallest absolute Gasteiger partial charge is 0.157 e. The summed E-state index contributed by atoms with van der Waals surface area (Å²) >= 11 is 5.94. The van der Waals surface area contributed by atoms with Gasteiger partial charge in [-0.2, -0.15) is 5.10 Å². The summed E-state index contributed by atoms with van der Waals surface area (Å²) < 4.78 is 0. The Kier molecular flexibility index (Phi) is 6.14. The quantitative estimate of drug-likeness (QED) is 0.810. The van der Waals surface area contributed by atoms with E-state index in [9.17, 15) is 5.11 Å². The summed E-state index contributed by atoms with van der Waals surface area (Å²) in [6, 6.07) is 18.0. The van der Waals surface area contributed by atoms with E-state index in [4.69, 9.17) is 11.6 Å². The molecule has 0 saturated heterocycles. The Morgan fingerprint density at radius 2 is 1.81 bits per heavy atom. The number of aliphatic hydroxyl groups excluding tert-OH is 1. The summed E-state index contributed by atoms with van der Waals surface area (Å²) in [6.45, 7) is 3.64. The Balaban J connectivity index is 1.60. The molecule has 2 aromatic carbocycles. The predicted molar refractivity (Wildman–Crippen MR) is 107 cm³/mol. The van der Waals surface area contributed by atoms with Crippen LogP contribution < -0.4 is 4.90 Å². The van der Waals surface area contributed by atoms with Gasteiger partial charge >= 0.3 is 0 Å². The van der Waals surface area contributed by atoms with Crippen molar-refractivity contribution in [3.63, 3.8) is 0 Å². The van der Waals surface area contributed by atoms with Crippen LogP contribution in [0.4, 0.5) is 5.69 Å². The molecule has 0 saturated carbocycles. The molecule has 1 aliphatic rings. The van der Waals surface area contributed by atoms with Crippen LogP contribution in [-0.2, 0) is 6.42 Å². The topological polar surface area (TPSA) is 42.3 Å². The van der Waals surface area contributed by atoms with Gasteiger partial charge in [-0.15, -0.1) is 0 Å². The number of halogens is 1. The van der Waals surface area contributed by atoms with E-state index < -0.39 is 0 Å². The number of aliphatic hydroxyl groups is 1. The molecule has 1 heterocycles. The van der Waals surface area contributed by atoms with E-state index in [2.05, 4.69) is 41.0 Å². The number of nitrogens with zero attached hydrogens (tertiary/aromatic N) is 4. The number of amidine groups is 1. The molecule has 5 nitrogen and oxygen atoms in total. The van der Waals surface area contributed by atoms with E-state index in [1.54, 1.807) is 0 Å². The summed E-state index contributed by atoms with van der Waals surface area (Å²) in [7, 11) is 2.09. The second kappa shape index (κ2) is 8.54. The largest absolute Gasteiger partial charge is 0.388 e. The summed E-state index contributed by atoms with van der Waals surface area (Å²) in [5.41, 5.74) is 2.31. The first kappa shape index (κ1) is 18.7. The maximum Gasteiger partial charge on any atom is 0.157 e. The highest BCUT2D eigenvalue weighted by molar-refractivity contribution is 6.30. The molecule has 1 unspecified atom stereocenters. The van der Waals surface area contributed by atoms with Crippen molar-refractivity contribution in [1.29, 1.82) is 0 Å². The van der Waals surface area contributed by atoms with Gasteiger partial charge in [0.15, 0.2) is 5.84 Å². The second-order valence-corrected chi connectivity index (χ2v) is 6.99. The van der Waals surface area contributed by atoms with Crippen LogP contribution in [0.2, 0.25) is 5.02 Å². The fourth-order valence-electron chi connectivity index (χ4n) is 3.13. The summed E-state index contributed by atoms with van der Waals surface area (Å²) in [5, 5.41) is 17.1. The molecule has 0 aliphatic carbocycles. The first-order valence-electron chi connectivity index (χ1n) is 8.80. The van der Waals surface area contributed by atoms with Crippen molar-refractivity contribution < 1.29 is 5.11 Å². The van der Waals surface area contributed by atoms with Crippen molar-refractivity contribution in [3.05, 3.63) is 65.2 Å². The van der Waals surface area contributed by atoms with Gasteiger partial charge in [0.25, 0.3) is 0 Å². The van der Waals surface area contributed by atoms with Crippen LogP contribution in [0.25, 0.3) is 0 Å². The highest BCUT2D eigenvalue weighted by Gasteiger charge is 2.31. The molecule has 0 fully saturated rings. The molecule has 3 rings (SSSR count). The third-order valence-corrected chi connectivity index (χ3v) is 4.84. The lowest BCUT2D eigenvalue weighted by molar-refractivity contribution is 0.137. The molecule has 1 aliphatic heterocycles. The van der Waals surface area contributed by atoms with Crippen molar-refractivity contribution >= 4 is 23.1 Å². The van der Waals surface area contributed by atoms with Gasteiger partial charge in [0.2, 0.25) is 0 Å². The molecule has 0 amide bonds. The Morgan fingerprint density at radius 1 is 1.12 bits per heavy atom. The van der Waals surface area contributed by atoms with Crippen LogP contribution in [-0.4, -0.2) is 53.9 Å². The Hall–Kier alpha value is -2.08. The van der Waals surface area contributed by atoms with Gasteiger partial charge in [-0.25, -0.2) is 0 Å². The lowest BCUT2D eigenvalue weighted by atomic mass is 10.1. The minimum absolute atomic E-state index is 0.0533. The van der Waals surface area contributed by atoms with Gasteiger partial charge < -0.3 is 10.0 Å². The fourth-order valence-corrected chi connectivity index (χ4v) is 3.25. The molecular formula is C20H25ClN4O. The van der Waals surface area contributed by atoms with E-state index in [0.29, 0.717) is 12.5 Å². The maximum absolute atomic E-state index is 9.72. The van der Waals surface area contributed by atoms with Crippen LogP contribution in [0.1, 0.15) is 12.5 Å². The minimum Gasteiger partial charge on any atom is -0.388 e. The molecule has 1 atom stereocenters. The number of hydrogen-bond donors (Lipinski definition) is 1. The van der Waals surface area contributed by atoms with E-state index in [-0.39, 0.29) is 12.8 Å². The molecule has 138 valence electrons. The van der Waals surface area contributed by atoms with E-state index in [0.717, 1.165) is 23.7 Å². The van der Waals surface area contributed by atoms with Crippen molar-refractivity contribution in [2.45, 2.75) is 19.5 Å². The first-order valence-corrected chi connectivity index (χ1v) is 9.18. The van der Waals surface area contributed by atoms with Crippen LogP contribution in [0.5, 0.6) is 0 Å². The van der Waals surface area contributed by atoms with Crippen molar-refractivity contribution in [3.8, 4) is 0 Å². The lowest BCUT2D eigenvalue weighted by Gasteiger charge is -2.31. The van der Waals surface area contributed by atoms with Crippen molar-refractivity contribution in [2.75, 3.05) is 31.8 Å². The number of hydrogen-bond acceptors (Lipinski definition) is 5.